The summed E-state index contributed by atoms with van der Waals surface area (Å²) < 4.78 is 26.6. The van der Waals surface area contributed by atoms with E-state index in [0.29, 0.717) is 18.0 Å². The third-order valence-corrected chi connectivity index (χ3v) is 8.25. The molecule has 3 rings (SSSR count). The molecular weight excluding hydrogens is 362 g/mol. The maximum Gasteiger partial charge on any atom is 0.243 e. The number of sulfonamides is 1. The highest BCUT2D eigenvalue weighted by Crippen LogP contribution is 2.58. The van der Waals surface area contributed by atoms with Crippen molar-refractivity contribution in [1.29, 1.82) is 0 Å². The molecule has 150 valence electrons. The molecule has 1 aromatic carbocycles. The number of hydrogen-bond acceptors (Lipinski definition) is 4. The number of benzene rings is 1. The van der Waals surface area contributed by atoms with Gasteiger partial charge in [0.05, 0.1) is 10.9 Å². The number of hydrogen-bond donors (Lipinski definition) is 2. The average molecular weight is 394 g/mol. The Kier molecular flexibility index (Phi) is 5.93. The first-order valence-corrected chi connectivity index (χ1v) is 11.4. The van der Waals surface area contributed by atoms with Gasteiger partial charge in [-0.15, -0.1) is 0 Å². The van der Waals surface area contributed by atoms with Crippen molar-refractivity contribution in [3.05, 3.63) is 29.8 Å². The van der Waals surface area contributed by atoms with Gasteiger partial charge in [-0.2, -0.15) is 4.31 Å². The molecule has 2 aliphatic rings. The number of nitrogens with one attached hydrogen (secondary N) is 2. The smallest absolute Gasteiger partial charge is 0.243 e. The molecule has 2 atom stereocenters. The molecule has 6 nitrogen and oxygen atoms in total. The van der Waals surface area contributed by atoms with E-state index in [1.807, 2.05) is 20.8 Å². The second-order valence-corrected chi connectivity index (χ2v) is 9.70. The Hall–Kier alpha value is -1.44. The van der Waals surface area contributed by atoms with Gasteiger partial charge >= 0.3 is 0 Å². The molecule has 0 aromatic heterocycles. The van der Waals surface area contributed by atoms with E-state index >= 15 is 0 Å². The van der Waals surface area contributed by atoms with Crippen LogP contribution in [-0.4, -0.2) is 44.8 Å². The molecular formula is C20H31N3O3S. The van der Waals surface area contributed by atoms with Crippen LogP contribution in [0.5, 0.6) is 0 Å². The van der Waals surface area contributed by atoms with E-state index in [4.69, 9.17) is 0 Å². The Labute approximate surface area is 162 Å². The number of amides is 1. The van der Waals surface area contributed by atoms with Crippen LogP contribution in [0.15, 0.2) is 29.2 Å². The highest BCUT2D eigenvalue weighted by atomic mass is 32.2. The molecule has 2 unspecified atom stereocenters. The molecule has 2 fully saturated rings. The maximum atomic E-state index is 12.6. The predicted molar refractivity (Wildman–Crippen MR) is 106 cm³/mol. The van der Waals surface area contributed by atoms with Crippen LogP contribution in [0.2, 0.25) is 0 Å². The van der Waals surface area contributed by atoms with Crippen LogP contribution in [0.3, 0.4) is 0 Å². The van der Waals surface area contributed by atoms with Gasteiger partial charge in [0, 0.05) is 19.0 Å². The summed E-state index contributed by atoms with van der Waals surface area (Å²) in [6.45, 7) is 8.52. The Balaban J connectivity index is 1.63. The number of piperidine rings is 1. The third-order valence-electron chi connectivity index (χ3n) is 6.19. The summed E-state index contributed by atoms with van der Waals surface area (Å²) in [4.78, 5) is 12.9. The van der Waals surface area contributed by atoms with Gasteiger partial charge in [0.15, 0.2) is 0 Å². The number of nitrogens with zero attached hydrogens (tertiary/aromatic N) is 1. The fourth-order valence-corrected chi connectivity index (χ4v) is 5.69. The highest BCUT2D eigenvalue weighted by Gasteiger charge is 2.57. The molecule has 1 saturated carbocycles. The molecule has 1 aromatic rings. The molecule has 1 aliphatic heterocycles. The minimum Gasteiger partial charge on any atom is -0.349 e. The summed E-state index contributed by atoms with van der Waals surface area (Å²) >= 11 is 0. The normalized spacial score (nSPS) is 22.6. The summed E-state index contributed by atoms with van der Waals surface area (Å²) in [5.74, 6) is 0.258. The molecule has 0 radical (unpaired) electrons. The van der Waals surface area contributed by atoms with Crippen LogP contribution in [0.25, 0.3) is 0 Å². The Morgan fingerprint density at radius 2 is 1.81 bits per heavy atom. The minimum absolute atomic E-state index is 0.129. The summed E-state index contributed by atoms with van der Waals surface area (Å²) in [5, 5.41) is 6.47. The van der Waals surface area contributed by atoms with Gasteiger partial charge in [-0.1, -0.05) is 26.0 Å². The van der Waals surface area contributed by atoms with Crippen LogP contribution < -0.4 is 10.6 Å². The molecule has 1 aliphatic carbocycles. The van der Waals surface area contributed by atoms with E-state index in [9.17, 15) is 13.2 Å². The zero-order chi connectivity index (χ0) is 19.7. The SMILES string of the molecule is CCN(CC)S(=O)(=O)c1ccc(C(C)NC(=O)C2CC23CCNCC3)cc1. The van der Waals surface area contributed by atoms with Gasteiger partial charge in [0.1, 0.15) is 0 Å². The van der Waals surface area contributed by atoms with Crippen molar-refractivity contribution in [1.82, 2.24) is 14.9 Å². The standard InChI is InChI=1S/C20H31N3O3S/c1-4-23(5-2)27(25,26)17-8-6-16(7-9-17)15(3)22-19(24)18-14-20(18)10-12-21-13-11-20/h6-9,15,18,21H,4-5,10-14H2,1-3H3,(H,22,24). The third kappa shape index (κ3) is 4.05. The van der Waals surface area contributed by atoms with E-state index in [0.717, 1.165) is 37.9 Å². The van der Waals surface area contributed by atoms with Gasteiger partial charge in [0.25, 0.3) is 0 Å². The number of rotatable bonds is 7. The molecule has 27 heavy (non-hydrogen) atoms. The van der Waals surface area contributed by atoms with Crippen molar-refractivity contribution < 1.29 is 13.2 Å². The van der Waals surface area contributed by atoms with Gasteiger partial charge in [-0.3, -0.25) is 4.79 Å². The lowest BCUT2D eigenvalue weighted by molar-refractivity contribution is -0.123. The van der Waals surface area contributed by atoms with Gasteiger partial charge in [0.2, 0.25) is 15.9 Å². The summed E-state index contributed by atoms with van der Waals surface area (Å²) in [6, 6.07) is 6.74. The number of carbonyl (C=O) groups is 1. The van der Waals surface area contributed by atoms with E-state index in [1.165, 1.54) is 4.31 Å². The summed E-state index contributed by atoms with van der Waals surface area (Å²) in [7, 11) is -3.45. The lowest BCUT2D eigenvalue weighted by atomic mass is 9.91. The fourth-order valence-electron chi connectivity index (χ4n) is 4.23. The second-order valence-electron chi connectivity index (χ2n) is 7.76. The molecule has 2 N–H and O–H groups in total. The molecule has 0 bridgehead atoms. The molecule has 1 saturated heterocycles. The Morgan fingerprint density at radius 3 is 2.37 bits per heavy atom. The van der Waals surface area contributed by atoms with Crippen LogP contribution in [0.1, 0.15) is 51.6 Å². The topological polar surface area (TPSA) is 78.5 Å². The van der Waals surface area contributed by atoms with Crippen molar-refractivity contribution in [2.75, 3.05) is 26.2 Å². The fraction of sp³-hybridized carbons (Fsp3) is 0.650. The summed E-state index contributed by atoms with van der Waals surface area (Å²) in [6.07, 6.45) is 3.16. The molecule has 1 heterocycles. The first-order valence-electron chi connectivity index (χ1n) is 9.95. The van der Waals surface area contributed by atoms with Crippen LogP contribution >= 0.6 is 0 Å². The quantitative estimate of drug-likeness (QED) is 0.745. The monoisotopic (exact) mass is 393 g/mol. The van der Waals surface area contributed by atoms with Crippen molar-refractivity contribution in [3.63, 3.8) is 0 Å². The second kappa shape index (κ2) is 7.89. The van der Waals surface area contributed by atoms with Crippen LogP contribution in [0, 0.1) is 11.3 Å². The Morgan fingerprint density at radius 1 is 1.22 bits per heavy atom. The van der Waals surface area contributed by atoms with Gasteiger partial charge in [-0.25, -0.2) is 8.42 Å². The Bertz CT molecular complexity index is 766. The maximum absolute atomic E-state index is 12.6. The van der Waals surface area contributed by atoms with E-state index < -0.39 is 10.0 Å². The van der Waals surface area contributed by atoms with Crippen molar-refractivity contribution in [2.24, 2.45) is 11.3 Å². The zero-order valence-corrected chi connectivity index (χ0v) is 17.3. The number of carbonyl (C=O) groups excluding carboxylic acids is 1. The average Bonchev–Trinajstić information content (AvgIpc) is 3.36. The lowest BCUT2D eigenvalue weighted by Crippen LogP contribution is -2.34. The van der Waals surface area contributed by atoms with E-state index in [2.05, 4.69) is 10.6 Å². The minimum atomic E-state index is -3.45. The molecule has 1 amide bonds. The van der Waals surface area contributed by atoms with Gasteiger partial charge < -0.3 is 10.6 Å². The van der Waals surface area contributed by atoms with Gasteiger partial charge in [-0.05, 0) is 62.4 Å². The van der Waals surface area contributed by atoms with Crippen LogP contribution in [-0.2, 0) is 14.8 Å². The molecule has 7 heteroatoms. The lowest BCUT2D eigenvalue weighted by Gasteiger charge is -2.24. The van der Waals surface area contributed by atoms with Crippen molar-refractivity contribution in [3.8, 4) is 0 Å². The summed E-state index contributed by atoms with van der Waals surface area (Å²) in [5.41, 5.74) is 1.14. The zero-order valence-electron chi connectivity index (χ0n) is 16.5. The highest BCUT2D eigenvalue weighted by molar-refractivity contribution is 7.89. The van der Waals surface area contributed by atoms with E-state index in [1.54, 1.807) is 24.3 Å². The predicted octanol–water partition coefficient (Wildman–Crippen LogP) is 2.28. The molecule has 1 spiro atoms. The van der Waals surface area contributed by atoms with Crippen molar-refractivity contribution in [2.45, 2.75) is 51.0 Å². The largest absolute Gasteiger partial charge is 0.349 e. The van der Waals surface area contributed by atoms with E-state index in [-0.39, 0.29) is 23.3 Å². The van der Waals surface area contributed by atoms with Crippen molar-refractivity contribution >= 4 is 15.9 Å². The first kappa shape index (κ1) is 20.3. The first-order chi connectivity index (χ1) is 12.8. The van der Waals surface area contributed by atoms with Crippen LogP contribution in [0.4, 0.5) is 0 Å².